The van der Waals surface area contributed by atoms with Gasteiger partial charge in [0.1, 0.15) is 11.6 Å². The zero-order valence-corrected chi connectivity index (χ0v) is 11.2. The summed E-state index contributed by atoms with van der Waals surface area (Å²) in [6, 6.07) is 4.18. The van der Waals surface area contributed by atoms with Gasteiger partial charge in [0.05, 0.1) is 30.3 Å². The first kappa shape index (κ1) is 12.0. The molecule has 0 aliphatic carbocycles. The highest BCUT2D eigenvalue weighted by Crippen LogP contribution is 2.19. The fourth-order valence-electron chi connectivity index (χ4n) is 2.38. The van der Waals surface area contributed by atoms with E-state index in [0.717, 1.165) is 42.7 Å². The van der Waals surface area contributed by atoms with Crippen molar-refractivity contribution in [1.29, 1.82) is 0 Å². The highest BCUT2D eigenvalue weighted by molar-refractivity contribution is 5.49. The third-order valence-electron chi connectivity index (χ3n) is 3.42. The molecule has 2 aromatic heterocycles. The Labute approximate surface area is 113 Å². The second-order valence-electron chi connectivity index (χ2n) is 4.95. The van der Waals surface area contributed by atoms with Crippen molar-refractivity contribution in [3.63, 3.8) is 0 Å². The van der Waals surface area contributed by atoms with Gasteiger partial charge in [0.15, 0.2) is 0 Å². The van der Waals surface area contributed by atoms with Crippen molar-refractivity contribution in [3.05, 3.63) is 36.0 Å². The number of imidazole rings is 1. The minimum absolute atomic E-state index is 0.742. The van der Waals surface area contributed by atoms with Crippen LogP contribution in [0.25, 0.3) is 0 Å². The van der Waals surface area contributed by atoms with Gasteiger partial charge in [-0.3, -0.25) is 0 Å². The van der Waals surface area contributed by atoms with Gasteiger partial charge in [0.25, 0.3) is 0 Å². The zero-order chi connectivity index (χ0) is 13.1. The fourth-order valence-corrected chi connectivity index (χ4v) is 2.38. The second-order valence-corrected chi connectivity index (χ2v) is 4.95. The number of H-pyrrole nitrogens is 1. The normalized spacial score (nSPS) is 14.9. The summed E-state index contributed by atoms with van der Waals surface area (Å²) < 4.78 is 0. The lowest BCUT2D eigenvalue weighted by atomic mass is 10.3. The molecule has 1 saturated heterocycles. The first-order chi connectivity index (χ1) is 9.31. The maximum absolute atomic E-state index is 4.52. The number of rotatable bonds is 4. The molecule has 0 radical (unpaired) electrons. The molecule has 0 saturated carbocycles. The monoisotopic (exact) mass is 257 g/mol. The molecule has 19 heavy (non-hydrogen) atoms. The summed E-state index contributed by atoms with van der Waals surface area (Å²) in [7, 11) is 0. The van der Waals surface area contributed by atoms with Gasteiger partial charge in [0.2, 0.25) is 0 Å². The molecule has 1 aliphatic rings. The van der Waals surface area contributed by atoms with E-state index in [0.29, 0.717) is 0 Å². The highest BCUT2D eigenvalue weighted by atomic mass is 15.2. The van der Waals surface area contributed by atoms with E-state index in [4.69, 9.17) is 0 Å². The Balaban J connectivity index is 1.59. The van der Waals surface area contributed by atoms with E-state index in [9.17, 15) is 0 Å². The van der Waals surface area contributed by atoms with Gasteiger partial charge in [-0.2, -0.15) is 0 Å². The Bertz CT molecular complexity index is 525. The summed E-state index contributed by atoms with van der Waals surface area (Å²) in [5, 5.41) is 3.34. The van der Waals surface area contributed by atoms with Crippen molar-refractivity contribution in [3.8, 4) is 0 Å². The molecule has 5 heteroatoms. The summed E-state index contributed by atoms with van der Waals surface area (Å²) in [5.74, 6) is 2.03. The fraction of sp³-hybridized carbons (Fsp3) is 0.429. The van der Waals surface area contributed by atoms with Gasteiger partial charge in [-0.1, -0.05) is 0 Å². The van der Waals surface area contributed by atoms with Crippen LogP contribution in [0.3, 0.4) is 0 Å². The van der Waals surface area contributed by atoms with E-state index >= 15 is 0 Å². The molecule has 0 atom stereocenters. The Hall–Kier alpha value is -2.04. The minimum atomic E-state index is 0.742. The van der Waals surface area contributed by atoms with Crippen LogP contribution in [0.4, 0.5) is 11.5 Å². The maximum atomic E-state index is 4.52. The van der Waals surface area contributed by atoms with Crippen LogP contribution in [0, 0.1) is 6.92 Å². The van der Waals surface area contributed by atoms with Crippen LogP contribution in [0.1, 0.15) is 24.4 Å². The van der Waals surface area contributed by atoms with Gasteiger partial charge in [-0.25, -0.2) is 9.97 Å². The van der Waals surface area contributed by atoms with Crippen LogP contribution in [0.15, 0.2) is 24.5 Å². The first-order valence-corrected chi connectivity index (χ1v) is 6.76. The predicted octanol–water partition coefficient (Wildman–Crippen LogP) is 2.33. The summed E-state index contributed by atoms with van der Waals surface area (Å²) in [4.78, 5) is 14.2. The molecular weight excluding hydrogens is 238 g/mol. The number of pyridine rings is 1. The van der Waals surface area contributed by atoms with E-state index < -0.39 is 0 Å². The Morgan fingerprint density at radius 3 is 2.68 bits per heavy atom. The molecule has 0 spiro atoms. The summed E-state index contributed by atoms with van der Waals surface area (Å²) in [6.45, 7) is 4.96. The number of nitrogens with one attached hydrogen (secondary N) is 2. The van der Waals surface area contributed by atoms with Crippen LogP contribution in [0.2, 0.25) is 0 Å². The lowest BCUT2D eigenvalue weighted by Crippen LogP contribution is -2.18. The predicted molar refractivity (Wildman–Crippen MR) is 76.3 cm³/mol. The summed E-state index contributed by atoms with van der Waals surface area (Å²) in [6.07, 6.45) is 6.31. The van der Waals surface area contributed by atoms with E-state index in [2.05, 4.69) is 37.3 Å². The molecule has 3 heterocycles. The number of aromatic amines is 1. The van der Waals surface area contributed by atoms with Gasteiger partial charge in [-0.05, 0) is 31.9 Å². The molecule has 0 aromatic carbocycles. The lowest BCUT2D eigenvalue weighted by Gasteiger charge is -2.16. The molecular formula is C14H19N5. The topological polar surface area (TPSA) is 56.8 Å². The molecule has 5 nitrogen and oxygen atoms in total. The first-order valence-electron chi connectivity index (χ1n) is 6.76. The number of hydrogen-bond donors (Lipinski definition) is 2. The largest absolute Gasteiger partial charge is 0.378 e. The number of aromatic nitrogens is 3. The lowest BCUT2D eigenvalue weighted by molar-refractivity contribution is 0.936. The third kappa shape index (κ3) is 2.86. The Morgan fingerprint density at radius 1 is 1.21 bits per heavy atom. The van der Waals surface area contributed by atoms with Crippen molar-refractivity contribution >= 4 is 11.5 Å². The molecule has 0 amide bonds. The van der Waals surface area contributed by atoms with Gasteiger partial charge in [-0.15, -0.1) is 0 Å². The van der Waals surface area contributed by atoms with E-state index in [1.165, 1.54) is 12.8 Å². The van der Waals surface area contributed by atoms with Gasteiger partial charge < -0.3 is 15.2 Å². The number of hydrogen-bond acceptors (Lipinski definition) is 4. The van der Waals surface area contributed by atoms with Crippen molar-refractivity contribution in [2.24, 2.45) is 0 Å². The van der Waals surface area contributed by atoms with Gasteiger partial charge >= 0.3 is 0 Å². The number of anilines is 2. The average Bonchev–Trinajstić information content (AvgIpc) is 3.08. The van der Waals surface area contributed by atoms with Crippen LogP contribution in [-0.4, -0.2) is 28.0 Å². The van der Waals surface area contributed by atoms with Crippen molar-refractivity contribution < 1.29 is 0 Å². The van der Waals surface area contributed by atoms with Crippen LogP contribution >= 0.6 is 0 Å². The quantitative estimate of drug-likeness (QED) is 0.882. The smallest absolute Gasteiger partial charge is 0.128 e. The standard InChI is InChI=1S/C14H19N5/c1-11-15-9-13(18-11)10-16-12-4-5-14(17-8-12)19-6-2-3-7-19/h4-5,8-9,16H,2-3,6-7,10H2,1H3,(H,15,18). The Morgan fingerprint density at radius 2 is 2.05 bits per heavy atom. The molecule has 3 rings (SSSR count). The number of nitrogens with zero attached hydrogens (tertiary/aromatic N) is 3. The maximum Gasteiger partial charge on any atom is 0.128 e. The van der Waals surface area contributed by atoms with Crippen molar-refractivity contribution in [1.82, 2.24) is 15.0 Å². The molecule has 0 bridgehead atoms. The van der Waals surface area contributed by atoms with Crippen molar-refractivity contribution in [2.45, 2.75) is 26.3 Å². The van der Waals surface area contributed by atoms with Crippen LogP contribution in [0.5, 0.6) is 0 Å². The average molecular weight is 257 g/mol. The number of aryl methyl sites for hydroxylation is 1. The molecule has 1 fully saturated rings. The summed E-state index contributed by atoms with van der Waals surface area (Å²) >= 11 is 0. The van der Waals surface area contributed by atoms with E-state index in [1.54, 1.807) is 0 Å². The molecule has 0 unspecified atom stereocenters. The van der Waals surface area contributed by atoms with E-state index in [1.807, 2.05) is 19.3 Å². The molecule has 1 aliphatic heterocycles. The Kier molecular flexibility index (Phi) is 3.35. The molecule has 100 valence electrons. The van der Waals surface area contributed by atoms with Crippen LogP contribution in [-0.2, 0) is 6.54 Å². The van der Waals surface area contributed by atoms with Crippen molar-refractivity contribution in [2.75, 3.05) is 23.3 Å². The SMILES string of the molecule is Cc1ncc(CNc2ccc(N3CCCC3)nc2)[nH]1. The third-order valence-corrected chi connectivity index (χ3v) is 3.42. The highest BCUT2D eigenvalue weighted by Gasteiger charge is 2.12. The molecule has 2 aromatic rings. The summed E-state index contributed by atoms with van der Waals surface area (Å²) in [5.41, 5.74) is 2.12. The zero-order valence-electron chi connectivity index (χ0n) is 11.2. The van der Waals surface area contributed by atoms with Crippen LogP contribution < -0.4 is 10.2 Å². The molecule has 2 N–H and O–H groups in total. The second kappa shape index (κ2) is 5.30. The van der Waals surface area contributed by atoms with E-state index in [-0.39, 0.29) is 0 Å². The van der Waals surface area contributed by atoms with Gasteiger partial charge in [0, 0.05) is 13.1 Å². The minimum Gasteiger partial charge on any atom is -0.378 e.